The van der Waals surface area contributed by atoms with Gasteiger partial charge in [-0.1, -0.05) is 13.0 Å². The van der Waals surface area contributed by atoms with E-state index in [1.54, 1.807) is 0 Å². The van der Waals surface area contributed by atoms with Crippen LogP contribution in [-0.2, 0) is 13.0 Å². The van der Waals surface area contributed by atoms with Crippen molar-refractivity contribution in [3.8, 4) is 11.5 Å². The maximum absolute atomic E-state index is 9.60. The lowest BCUT2D eigenvalue weighted by molar-refractivity contribution is 0.370. The molecule has 0 saturated carbocycles. The third kappa shape index (κ3) is 1.92. The van der Waals surface area contributed by atoms with E-state index in [2.05, 4.69) is 0 Å². The second kappa shape index (κ2) is 4.14. The maximum Gasteiger partial charge on any atom is 0.162 e. The molecule has 0 aliphatic heterocycles. The minimum absolute atomic E-state index is 0.155. The molecule has 0 unspecified atom stereocenters. The summed E-state index contributed by atoms with van der Waals surface area (Å²) in [6.45, 7) is 2.38. The van der Waals surface area contributed by atoms with E-state index in [-0.39, 0.29) is 5.75 Å². The largest absolute Gasteiger partial charge is 0.504 e. The van der Waals surface area contributed by atoms with E-state index in [4.69, 9.17) is 10.5 Å². The molecule has 0 saturated heterocycles. The molecule has 3 heteroatoms. The van der Waals surface area contributed by atoms with Gasteiger partial charge < -0.3 is 15.6 Å². The van der Waals surface area contributed by atoms with Gasteiger partial charge in [-0.3, -0.25) is 0 Å². The number of benzene rings is 1. The highest BCUT2D eigenvalue weighted by Crippen LogP contribution is 2.31. The van der Waals surface area contributed by atoms with Gasteiger partial charge in [0.2, 0.25) is 0 Å². The number of phenolic OH excluding ortho intramolecular Hbond substituents is 1. The Morgan fingerprint density at radius 2 is 2.15 bits per heavy atom. The molecule has 72 valence electrons. The van der Waals surface area contributed by atoms with Crippen molar-refractivity contribution >= 4 is 0 Å². The van der Waals surface area contributed by atoms with E-state index < -0.39 is 0 Å². The van der Waals surface area contributed by atoms with E-state index in [1.165, 1.54) is 7.11 Å². The van der Waals surface area contributed by atoms with Gasteiger partial charge in [0, 0.05) is 12.1 Å². The van der Waals surface area contributed by atoms with Crippen LogP contribution < -0.4 is 10.5 Å². The fourth-order valence-electron chi connectivity index (χ4n) is 1.24. The third-order valence-electron chi connectivity index (χ3n) is 2.06. The van der Waals surface area contributed by atoms with Gasteiger partial charge in [-0.25, -0.2) is 0 Å². The fourth-order valence-corrected chi connectivity index (χ4v) is 1.24. The van der Waals surface area contributed by atoms with Gasteiger partial charge in [-0.15, -0.1) is 0 Å². The Balaban J connectivity index is 3.20. The minimum atomic E-state index is 0.155. The summed E-state index contributed by atoms with van der Waals surface area (Å²) < 4.78 is 5.02. The average molecular weight is 181 g/mol. The molecular formula is C10H15NO2. The topological polar surface area (TPSA) is 55.5 Å². The molecule has 0 heterocycles. The molecule has 3 N–H and O–H groups in total. The number of phenols is 1. The summed E-state index contributed by atoms with van der Waals surface area (Å²) in [5.41, 5.74) is 7.34. The van der Waals surface area contributed by atoms with Crippen molar-refractivity contribution in [3.05, 3.63) is 23.3 Å². The van der Waals surface area contributed by atoms with Crippen molar-refractivity contribution in [2.24, 2.45) is 5.73 Å². The molecule has 1 aromatic rings. The lowest BCUT2D eigenvalue weighted by Gasteiger charge is -2.09. The predicted molar refractivity (Wildman–Crippen MR) is 51.9 cm³/mol. The van der Waals surface area contributed by atoms with Crippen molar-refractivity contribution in [2.75, 3.05) is 7.11 Å². The molecule has 3 nitrogen and oxygen atoms in total. The molecule has 13 heavy (non-hydrogen) atoms. The van der Waals surface area contributed by atoms with Gasteiger partial charge >= 0.3 is 0 Å². The zero-order valence-electron chi connectivity index (χ0n) is 8.00. The first-order valence-electron chi connectivity index (χ1n) is 4.31. The van der Waals surface area contributed by atoms with E-state index >= 15 is 0 Å². The molecule has 0 aromatic heterocycles. The Kier molecular flexibility index (Phi) is 3.14. The van der Waals surface area contributed by atoms with Crippen LogP contribution >= 0.6 is 0 Å². The smallest absolute Gasteiger partial charge is 0.162 e. The minimum Gasteiger partial charge on any atom is -0.504 e. The summed E-state index contributed by atoms with van der Waals surface area (Å²) >= 11 is 0. The molecule has 0 bridgehead atoms. The Morgan fingerprint density at radius 1 is 1.46 bits per heavy atom. The Hall–Kier alpha value is -1.22. The molecule has 0 fully saturated rings. The summed E-state index contributed by atoms with van der Waals surface area (Å²) in [4.78, 5) is 0. The van der Waals surface area contributed by atoms with Crippen LogP contribution in [0.3, 0.4) is 0 Å². The van der Waals surface area contributed by atoms with Crippen molar-refractivity contribution < 1.29 is 9.84 Å². The molecule has 0 spiro atoms. The van der Waals surface area contributed by atoms with Crippen LogP contribution in [0.4, 0.5) is 0 Å². The van der Waals surface area contributed by atoms with Crippen LogP contribution in [0, 0.1) is 0 Å². The van der Waals surface area contributed by atoms with E-state index in [0.29, 0.717) is 12.3 Å². The van der Waals surface area contributed by atoms with Crippen LogP contribution in [0.5, 0.6) is 11.5 Å². The van der Waals surface area contributed by atoms with Crippen molar-refractivity contribution in [1.29, 1.82) is 0 Å². The highest BCUT2D eigenvalue weighted by atomic mass is 16.5. The monoisotopic (exact) mass is 181 g/mol. The van der Waals surface area contributed by atoms with E-state index in [0.717, 1.165) is 17.5 Å². The molecule has 0 aliphatic rings. The lowest BCUT2D eigenvalue weighted by Crippen LogP contribution is -1.99. The maximum atomic E-state index is 9.60. The van der Waals surface area contributed by atoms with Gasteiger partial charge in [-0.2, -0.15) is 0 Å². The first-order valence-corrected chi connectivity index (χ1v) is 4.31. The second-order valence-corrected chi connectivity index (χ2v) is 2.86. The number of hydrogen-bond acceptors (Lipinski definition) is 3. The van der Waals surface area contributed by atoms with Crippen LogP contribution in [0.15, 0.2) is 12.1 Å². The zero-order chi connectivity index (χ0) is 9.84. The summed E-state index contributed by atoms with van der Waals surface area (Å²) in [5, 5.41) is 9.60. The average Bonchev–Trinajstić information content (AvgIpc) is 2.18. The molecular weight excluding hydrogens is 166 g/mol. The first kappa shape index (κ1) is 9.86. The number of aromatic hydroxyl groups is 1. The summed E-state index contributed by atoms with van der Waals surface area (Å²) in [5.74, 6) is 0.655. The second-order valence-electron chi connectivity index (χ2n) is 2.86. The number of methoxy groups -OCH3 is 1. The molecule has 0 atom stereocenters. The van der Waals surface area contributed by atoms with Crippen molar-refractivity contribution in [2.45, 2.75) is 19.9 Å². The number of rotatable bonds is 3. The molecule has 0 radical (unpaired) electrons. The standard InChI is InChI=1S/C10H15NO2/c1-3-7-4-8(6-11)10(12)9(5-7)13-2/h4-5,12H,3,6,11H2,1-2H3. The number of aryl methyl sites for hydroxylation is 1. The first-order chi connectivity index (χ1) is 6.22. The SMILES string of the molecule is CCc1cc(CN)c(O)c(OC)c1. The van der Waals surface area contributed by atoms with Gasteiger partial charge in [0.1, 0.15) is 0 Å². The fraction of sp³-hybridized carbons (Fsp3) is 0.400. The van der Waals surface area contributed by atoms with Crippen LogP contribution in [0.1, 0.15) is 18.1 Å². The predicted octanol–water partition coefficient (Wildman–Crippen LogP) is 1.42. The summed E-state index contributed by atoms with van der Waals surface area (Å²) in [6, 6.07) is 3.73. The van der Waals surface area contributed by atoms with Gasteiger partial charge in [-0.05, 0) is 18.1 Å². The normalized spacial score (nSPS) is 10.1. The summed E-state index contributed by atoms with van der Waals surface area (Å²) in [6.07, 6.45) is 0.906. The molecule has 0 aliphatic carbocycles. The quantitative estimate of drug-likeness (QED) is 0.741. The highest BCUT2D eigenvalue weighted by molar-refractivity contribution is 5.48. The van der Waals surface area contributed by atoms with Crippen molar-refractivity contribution in [3.63, 3.8) is 0 Å². The Labute approximate surface area is 78.1 Å². The highest BCUT2D eigenvalue weighted by Gasteiger charge is 2.07. The third-order valence-corrected chi connectivity index (χ3v) is 2.06. The Bertz CT molecular complexity index is 272. The molecule has 1 aromatic carbocycles. The van der Waals surface area contributed by atoms with Gasteiger partial charge in [0.25, 0.3) is 0 Å². The van der Waals surface area contributed by atoms with Crippen molar-refractivity contribution in [1.82, 2.24) is 0 Å². The van der Waals surface area contributed by atoms with Crippen LogP contribution in [-0.4, -0.2) is 12.2 Å². The van der Waals surface area contributed by atoms with Crippen LogP contribution in [0.2, 0.25) is 0 Å². The Morgan fingerprint density at radius 3 is 2.62 bits per heavy atom. The van der Waals surface area contributed by atoms with Gasteiger partial charge in [0.15, 0.2) is 11.5 Å². The van der Waals surface area contributed by atoms with Crippen LogP contribution in [0.25, 0.3) is 0 Å². The number of ether oxygens (including phenoxy) is 1. The molecule has 1 rings (SSSR count). The molecule has 0 amide bonds. The zero-order valence-corrected chi connectivity index (χ0v) is 8.00. The van der Waals surface area contributed by atoms with Gasteiger partial charge in [0.05, 0.1) is 7.11 Å². The van der Waals surface area contributed by atoms with E-state index in [1.807, 2.05) is 19.1 Å². The lowest BCUT2D eigenvalue weighted by atomic mass is 10.1. The van der Waals surface area contributed by atoms with E-state index in [9.17, 15) is 5.11 Å². The summed E-state index contributed by atoms with van der Waals surface area (Å²) in [7, 11) is 1.54. The number of nitrogens with two attached hydrogens (primary N) is 1. The number of hydrogen-bond donors (Lipinski definition) is 2.